The molecule has 0 aromatic carbocycles. The van der Waals surface area contributed by atoms with Gasteiger partial charge in [0.1, 0.15) is 5.01 Å². The van der Waals surface area contributed by atoms with Crippen LogP contribution in [0.3, 0.4) is 0 Å². The molecule has 2 amide bonds. The van der Waals surface area contributed by atoms with Crippen molar-refractivity contribution < 1.29 is 9.90 Å². The Morgan fingerprint density at radius 2 is 2.05 bits per heavy atom. The molecule has 1 aromatic rings. The highest BCUT2D eigenvalue weighted by Crippen LogP contribution is 2.28. The molecule has 0 radical (unpaired) electrons. The van der Waals surface area contributed by atoms with Gasteiger partial charge >= 0.3 is 6.03 Å². The lowest BCUT2D eigenvalue weighted by molar-refractivity contribution is 0.156. The van der Waals surface area contributed by atoms with Gasteiger partial charge in [-0.15, -0.1) is 10.2 Å². The van der Waals surface area contributed by atoms with Gasteiger partial charge in [-0.1, -0.05) is 44.9 Å². The van der Waals surface area contributed by atoms with Crippen LogP contribution in [0.1, 0.15) is 51.5 Å². The first-order valence-corrected chi connectivity index (χ1v) is 8.24. The van der Waals surface area contributed by atoms with Gasteiger partial charge in [-0.25, -0.2) is 4.79 Å². The Balaban J connectivity index is 1.91. The van der Waals surface area contributed by atoms with E-state index in [1.807, 2.05) is 0 Å². The molecule has 1 aromatic heterocycles. The van der Waals surface area contributed by atoms with Gasteiger partial charge in [-0.05, 0) is 12.8 Å². The van der Waals surface area contributed by atoms with Crippen LogP contribution in [0, 0.1) is 5.92 Å². The second kappa shape index (κ2) is 6.70. The highest BCUT2D eigenvalue weighted by Gasteiger charge is 2.26. The number of aliphatic hydroxyl groups excluding tert-OH is 1. The SMILES string of the molecule is CC(C)(C)c1nnc(NC(=O)NC2CCCCC2CO)s1. The largest absolute Gasteiger partial charge is 0.396 e. The molecule has 2 unspecified atom stereocenters. The van der Waals surface area contributed by atoms with Crippen molar-refractivity contribution in [1.82, 2.24) is 15.5 Å². The van der Waals surface area contributed by atoms with Crippen LogP contribution in [0.25, 0.3) is 0 Å². The molecule has 118 valence electrons. The number of nitrogens with one attached hydrogen (secondary N) is 2. The fourth-order valence-corrected chi connectivity index (χ4v) is 3.29. The summed E-state index contributed by atoms with van der Waals surface area (Å²) in [4.78, 5) is 12.0. The summed E-state index contributed by atoms with van der Waals surface area (Å²) in [5.74, 6) is 0.157. The van der Waals surface area contributed by atoms with Gasteiger partial charge in [0.05, 0.1) is 0 Å². The number of rotatable bonds is 3. The number of anilines is 1. The van der Waals surface area contributed by atoms with Gasteiger partial charge in [-0.3, -0.25) is 5.32 Å². The topological polar surface area (TPSA) is 87.1 Å². The van der Waals surface area contributed by atoms with Crippen LogP contribution in [0.2, 0.25) is 0 Å². The number of hydrogen-bond acceptors (Lipinski definition) is 5. The Hall–Kier alpha value is -1.21. The van der Waals surface area contributed by atoms with Crippen molar-refractivity contribution in [2.24, 2.45) is 5.92 Å². The van der Waals surface area contributed by atoms with E-state index in [-0.39, 0.29) is 30.0 Å². The van der Waals surface area contributed by atoms with E-state index in [1.54, 1.807) is 0 Å². The summed E-state index contributed by atoms with van der Waals surface area (Å²) in [6.07, 6.45) is 4.10. The lowest BCUT2D eigenvalue weighted by Gasteiger charge is -2.30. The van der Waals surface area contributed by atoms with Crippen molar-refractivity contribution in [3.05, 3.63) is 5.01 Å². The lowest BCUT2D eigenvalue weighted by atomic mass is 9.85. The van der Waals surface area contributed by atoms with E-state index >= 15 is 0 Å². The Morgan fingerprint density at radius 1 is 1.33 bits per heavy atom. The Bertz CT molecular complexity index is 484. The van der Waals surface area contributed by atoms with E-state index in [9.17, 15) is 9.90 Å². The number of nitrogens with zero attached hydrogens (tertiary/aromatic N) is 2. The smallest absolute Gasteiger partial charge is 0.321 e. The molecule has 2 atom stereocenters. The fourth-order valence-electron chi connectivity index (χ4n) is 2.49. The van der Waals surface area contributed by atoms with Crippen molar-refractivity contribution in [1.29, 1.82) is 0 Å². The molecule has 0 bridgehead atoms. The molecular formula is C14H24N4O2S. The monoisotopic (exact) mass is 312 g/mol. The first-order chi connectivity index (χ1) is 9.90. The summed E-state index contributed by atoms with van der Waals surface area (Å²) in [6.45, 7) is 6.31. The van der Waals surface area contributed by atoms with Gasteiger partial charge < -0.3 is 10.4 Å². The van der Waals surface area contributed by atoms with Crippen LogP contribution in [0.4, 0.5) is 9.93 Å². The van der Waals surface area contributed by atoms with Crippen molar-refractivity contribution in [2.45, 2.75) is 57.9 Å². The summed E-state index contributed by atoms with van der Waals surface area (Å²) < 4.78 is 0. The number of carbonyl (C=O) groups is 1. The number of amides is 2. The standard InChI is InChI=1S/C14H24N4O2S/c1-14(2,3)11-17-18-13(21-11)16-12(20)15-10-7-5-4-6-9(10)8-19/h9-10,19H,4-8H2,1-3H3,(H2,15,16,18,20). The second-order valence-electron chi connectivity index (χ2n) is 6.59. The number of aliphatic hydroxyl groups is 1. The van der Waals surface area contributed by atoms with Crippen LogP contribution in [0.5, 0.6) is 0 Å². The van der Waals surface area contributed by atoms with E-state index in [4.69, 9.17) is 0 Å². The van der Waals surface area contributed by atoms with Gasteiger partial charge in [-0.2, -0.15) is 0 Å². The van der Waals surface area contributed by atoms with Gasteiger partial charge in [0.15, 0.2) is 0 Å². The molecule has 1 heterocycles. The molecule has 21 heavy (non-hydrogen) atoms. The van der Waals surface area contributed by atoms with E-state index in [0.717, 1.165) is 30.7 Å². The quantitative estimate of drug-likeness (QED) is 0.800. The second-order valence-corrected chi connectivity index (χ2v) is 7.57. The third kappa shape index (κ3) is 4.38. The first kappa shape index (κ1) is 16.2. The molecule has 1 saturated carbocycles. The number of urea groups is 1. The molecule has 3 N–H and O–H groups in total. The molecule has 0 spiro atoms. The molecule has 1 fully saturated rings. The predicted molar refractivity (Wildman–Crippen MR) is 83.6 cm³/mol. The predicted octanol–water partition coefficient (Wildman–Crippen LogP) is 2.51. The maximum atomic E-state index is 12.0. The minimum Gasteiger partial charge on any atom is -0.396 e. The van der Waals surface area contributed by atoms with E-state index in [0.29, 0.717) is 5.13 Å². The lowest BCUT2D eigenvalue weighted by Crippen LogP contribution is -2.45. The molecule has 6 nitrogen and oxygen atoms in total. The summed E-state index contributed by atoms with van der Waals surface area (Å²) in [7, 11) is 0. The maximum Gasteiger partial charge on any atom is 0.321 e. The van der Waals surface area contributed by atoms with Crippen LogP contribution in [-0.2, 0) is 5.41 Å². The Morgan fingerprint density at radius 3 is 2.67 bits per heavy atom. The zero-order chi connectivity index (χ0) is 15.5. The Kier molecular flexibility index (Phi) is 5.16. The molecule has 1 aliphatic rings. The minimum absolute atomic E-state index is 0.0405. The summed E-state index contributed by atoms with van der Waals surface area (Å²) in [5, 5.41) is 24.6. The van der Waals surface area contributed by atoms with Crippen molar-refractivity contribution in [3.63, 3.8) is 0 Å². The van der Waals surface area contributed by atoms with Gasteiger partial charge in [0.2, 0.25) is 5.13 Å². The van der Waals surface area contributed by atoms with Crippen LogP contribution in [0.15, 0.2) is 0 Å². The third-order valence-electron chi connectivity index (χ3n) is 3.75. The van der Waals surface area contributed by atoms with Gasteiger partial charge in [0.25, 0.3) is 0 Å². The zero-order valence-corrected chi connectivity index (χ0v) is 13.7. The molecular weight excluding hydrogens is 288 g/mol. The van der Waals surface area contributed by atoms with E-state index < -0.39 is 0 Å². The number of hydrogen-bond donors (Lipinski definition) is 3. The zero-order valence-electron chi connectivity index (χ0n) is 12.8. The maximum absolute atomic E-state index is 12.0. The molecule has 2 rings (SSSR count). The van der Waals surface area contributed by atoms with Crippen LogP contribution < -0.4 is 10.6 Å². The van der Waals surface area contributed by atoms with E-state index in [2.05, 4.69) is 41.6 Å². The summed E-state index contributed by atoms with van der Waals surface area (Å²) in [6, 6.07) is -0.226. The van der Waals surface area contributed by atoms with Gasteiger partial charge in [0, 0.05) is 24.0 Å². The van der Waals surface area contributed by atoms with Crippen molar-refractivity contribution >= 4 is 22.5 Å². The number of carbonyl (C=O) groups excluding carboxylic acids is 1. The number of aromatic nitrogens is 2. The molecule has 1 aliphatic carbocycles. The summed E-state index contributed by atoms with van der Waals surface area (Å²) in [5.41, 5.74) is -0.0700. The summed E-state index contributed by atoms with van der Waals surface area (Å²) >= 11 is 1.39. The molecule has 0 aliphatic heterocycles. The van der Waals surface area contributed by atoms with Crippen molar-refractivity contribution in [2.75, 3.05) is 11.9 Å². The normalized spacial score (nSPS) is 22.9. The highest BCUT2D eigenvalue weighted by molar-refractivity contribution is 7.15. The average molecular weight is 312 g/mol. The minimum atomic E-state index is -0.267. The fraction of sp³-hybridized carbons (Fsp3) is 0.786. The third-order valence-corrected chi connectivity index (χ3v) is 5.01. The molecule has 7 heteroatoms. The van der Waals surface area contributed by atoms with Crippen LogP contribution in [-0.4, -0.2) is 34.0 Å². The highest BCUT2D eigenvalue weighted by atomic mass is 32.1. The molecule has 0 saturated heterocycles. The average Bonchev–Trinajstić information content (AvgIpc) is 2.87. The van der Waals surface area contributed by atoms with Crippen molar-refractivity contribution in [3.8, 4) is 0 Å². The van der Waals surface area contributed by atoms with E-state index in [1.165, 1.54) is 11.3 Å². The Labute approximate surface area is 129 Å². The first-order valence-electron chi connectivity index (χ1n) is 7.42. The van der Waals surface area contributed by atoms with Crippen LogP contribution >= 0.6 is 11.3 Å².